The van der Waals surface area contributed by atoms with E-state index in [1.165, 1.54) is 0 Å². The second kappa shape index (κ2) is 1.55. The lowest BCUT2D eigenvalue weighted by Gasteiger charge is -1.61. The van der Waals surface area contributed by atoms with Gasteiger partial charge in [0.15, 0.2) is 0 Å². The van der Waals surface area contributed by atoms with E-state index in [1.54, 1.807) is 0 Å². The molecule has 0 fully saturated rings. The highest BCUT2D eigenvalue weighted by Gasteiger charge is 1.56. The van der Waals surface area contributed by atoms with Crippen LogP contribution in [0.5, 0.6) is 0 Å². The molecule has 0 N–H and O–H groups in total. The molecule has 0 aromatic rings. The molecule has 0 aromatic heterocycles. The largest absolute Gasteiger partial charge is 0.0960 e. The maximum absolute atomic E-state index is 5.14. The zero-order valence-electron chi connectivity index (χ0n) is 2.59. The van der Waals surface area contributed by atoms with Crippen LogP contribution in [0.25, 0.3) is 0 Å². The second-order valence-corrected chi connectivity index (χ2v) is 3.16. The van der Waals surface area contributed by atoms with Gasteiger partial charge in [0.05, 0.1) is 10.2 Å². The molecule has 0 aromatic carbocycles. The molecular weight excluding hydrogens is 87.6 g/mol. The van der Waals surface area contributed by atoms with E-state index < -0.39 is 0 Å². The van der Waals surface area contributed by atoms with Gasteiger partial charge < -0.3 is 0 Å². The van der Waals surface area contributed by atoms with Crippen molar-refractivity contribution in [3.63, 3.8) is 0 Å². The van der Waals surface area contributed by atoms with Gasteiger partial charge in [-0.2, -0.15) is 0 Å². The molecule has 0 rings (SSSR count). The van der Waals surface area contributed by atoms with Gasteiger partial charge in [0.25, 0.3) is 0 Å². The van der Waals surface area contributed by atoms with Crippen molar-refractivity contribution in [1.29, 1.82) is 0 Å². The fourth-order valence-corrected chi connectivity index (χ4v) is 0. The van der Waals surface area contributed by atoms with Crippen molar-refractivity contribution in [2.45, 2.75) is 0 Å². The Morgan fingerprint density at radius 3 is 2.00 bits per heavy atom. The first-order chi connectivity index (χ1) is 1.73. The minimum absolute atomic E-state index is 0.778. The smallest absolute Gasteiger partial charge is 0.0524 e. The molecule has 0 atom stereocenters. The van der Waals surface area contributed by atoms with E-state index in [0.29, 0.717) is 0 Å². The molecule has 4 heavy (non-hydrogen) atoms. The van der Waals surface area contributed by atoms with E-state index >= 15 is 0 Å². The molecule has 0 aliphatic rings. The summed E-state index contributed by atoms with van der Waals surface area (Å²) in [5, 5.41) is 0. The number of hydrogen-bond donors (Lipinski definition) is 0. The zero-order valence-corrected chi connectivity index (χ0v) is 5.34. The summed E-state index contributed by atoms with van der Waals surface area (Å²) in [5.41, 5.74) is 0. The summed E-state index contributed by atoms with van der Waals surface area (Å²) in [6.45, 7) is 3.38. The van der Waals surface area contributed by atoms with E-state index in [2.05, 4.69) is 6.58 Å². The van der Waals surface area contributed by atoms with Crippen LogP contribution in [0.2, 0.25) is 0 Å². The first-order valence-corrected chi connectivity index (χ1v) is 2.42. The molecular formula is C2H5ClSi. The Morgan fingerprint density at radius 2 is 2.00 bits per heavy atom. The molecule has 0 nitrogen and oxygen atoms in total. The molecule has 2 heteroatoms. The molecule has 0 spiro atoms. The summed E-state index contributed by atoms with van der Waals surface area (Å²) in [5.74, 6) is 0. The first-order valence-electron chi connectivity index (χ1n) is 1.04. The Hall–Kier alpha value is 0.247. The van der Waals surface area contributed by atoms with Crippen molar-refractivity contribution in [2.75, 3.05) is 0 Å². The Balaban J connectivity index is 2.80. The lowest BCUT2D eigenvalue weighted by atomic mass is 11.3. The third-order valence-corrected chi connectivity index (χ3v) is 0. The number of rotatable bonds is 0. The molecule has 24 valence electrons. The highest BCUT2D eigenvalue weighted by Crippen LogP contribution is 1.81. The third kappa shape index (κ3) is 57.3. The van der Waals surface area contributed by atoms with Gasteiger partial charge in [-0.3, -0.25) is 0 Å². The quantitative estimate of drug-likeness (QED) is 0.371. The summed E-state index contributed by atoms with van der Waals surface area (Å²) in [6.07, 6.45) is 0. The van der Waals surface area contributed by atoms with Crippen molar-refractivity contribution >= 4 is 21.8 Å². The van der Waals surface area contributed by atoms with Crippen LogP contribution in [-0.2, 0) is 0 Å². The van der Waals surface area contributed by atoms with Crippen molar-refractivity contribution in [2.24, 2.45) is 0 Å². The fourth-order valence-electron chi connectivity index (χ4n) is 0. The summed E-state index contributed by atoms with van der Waals surface area (Å²) in [4.78, 5) is 0. The average Bonchev–Trinajstić information content (AvgIpc) is 0.811. The monoisotopic (exact) mass is 92.0 g/mol. The standard InChI is InChI=1S/C2H5ClSi/c1-2(3)4/h1H2,4H3. The molecule has 0 amide bonds. The maximum Gasteiger partial charge on any atom is 0.0524 e. The highest BCUT2D eigenvalue weighted by molar-refractivity contribution is 6.51. The van der Waals surface area contributed by atoms with E-state index in [-0.39, 0.29) is 0 Å². The van der Waals surface area contributed by atoms with Crippen LogP contribution < -0.4 is 0 Å². The predicted octanol–water partition coefficient (Wildman–Crippen LogP) is 0.0618. The molecule has 0 radical (unpaired) electrons. The lowest BCUT2D eigenvalue weighted by Crippen LogP contribution is -1.50. The topological polar surface area (TPSA) is 0 Å². The van der Waals surface area contributed by atoms with E-state index in [4.69, 9.17) is 11.6 Å². The average molecular weight is 92.6 g/mol. The van der Waals surface area contributed by atoms with Gasteiger partial charge >= 0.3 is 0 Å². The van der Waals surface area contributed by atoms with Crippen LogP contribution in [0.3, 0.4) is 0 Å². The fraction of sp³-hybridized carbons (Fsp3) is 0. The van der Waals surface area contributed by atoms with Gasteiger partial charge in [-0.1, -0.05) is 18.2 Å². The Labute approximate surface area is 33.9 Å². The molecule has 0 saturated heterocycles. The van der Waals surface area contributed by atoms with Gasteiger partial charge in [0.2, 0.25) is 0 Å². The summed E-state index contributed by atoms with van der Waals surface area (Å²) < 4.78 is 0.778. The Bertz CT molecular complexity index is 29.0. The van der Waals surface area contributed by atoms with Gasteiger partial charge in [0, 0.05) is 0 Å². The van der Waals surface area contributed by atoms with Gasteiger partial charge in [-0.15, -0.1) is 0 Å². The summed E-state index contributed by atoms with van der Waals surface area (Å²) in [7, 11) is 0.920. The van der Waals surface area contributed by atoms with E-state index in [9.17, 15) is 0 Å². The van der Waals surface area contributed by atoms with Gasteiger partial charge in [-0.25, -0.2) is 0 Å². The van der Waals surface area contributed by atoms with Crippen molar-refractivity contribution in [3.8, 4) is 0 Å². The molecule has 0 aliphatic carbocycles. The van der Waals surface area contributed by atoms with E-state index in [1.807, 2.05) is 0 Å². The SMILES string of the molecule is C=C([SiH3])Cl. The zero-order chi connectivity index (χ0) is 3.58. The van der Waals surface area contributed by atoms with Crippen molar-refractivity contribution in [1.82, 2.24) is 0 Å². The Morgan fingerprint density at radius 1 is 2.00 bits per heavy atom. The van der Waals surface area contributed by atoms with Crippen molar-refractivity contribution in [3.05, 3.63) is 11.2 Å². The van der Waals surface area contributed by atoms with Crippen LogP contribution in [0.4, 0.5) is 0 Å². The lowest BCUT2D eigenvalue weighted by molar-refractivity contribution is 2.45. The number of halogens is 1. The van der Waals surface area contributed by atoms with Crippen molar-refractivity contribution < 1.29 is 0 Å². The van der Waals surface area contributed by atoms with Crippen LogP contribution >= 0.6 is 11.6 Å². The minimum Gasteiger partial charge on any atom is -0.0960 e. The van der Waals surface area contributed by atoms with Crippen LogP contribution in [0.15, 0.2) is 11.2 Å². The van der Waals surface area contributed by atoms with Crippen LogP contribution in [-0.4, -0.2) is 10.2 Å². The molecule has 0 aliphatic heterocycles. The van der Waals surface area contributed by atoms with Gasteiger partial charge in [0.1, 0.15) is 0 Å². The van der Waals surface area contributed by atoms with Crippen LogP contribution in [0, 0.1) is 0 Å². The molecule has 0 unspecified atom stereocenters. The van der Waals surface area contributed by atoms with Crippen LogP contribution in [0.1, 0.15) is 0 Å². The highest BCUT2D eigenvalue weighted by atomic mass is 35.5. The normalized spacial score (nSPS) is 7.25. The third-order valence-electron chi connectivity index (χ3n) is 0. The van der Waals surface area contributed by atoms with Gasteiger partial charge in [-0.05, 0) is 4.66 Å². The Kier molecular flexibility index (Phi) is 1.65. The summed E-state index contributed by atoms with van der Waals surface area (Å²) in [6, 6.07) is 0. The molecule has 0 bridgehead atoms. The number of hydrogen-bond acceptors (Lipinski definition) is 0. The maximum atomic E-state index is 5.14. The first kappa shape index (κ1) is 4.25. The minimum atomic E-state index is 0.778. The predicted molar refractivity (Wildman–Crippen MR) is 24.9 cm³/mol. The second-order valence-electron chi connectivity index (χ2n) is 0.676. The van der Waals surface area contributed by atoms with E-state index in [0.717, 1.165) is 14.9 Å². The summed E-state index contributed by atoms with van der Waals surface area (Å²) >= 11 is 5.14. The molecule has 0 heterocycles. The molecule has 0 saturated carbocycles.